The molecular formula is C12H24N2O4Si. The van der Waals surface area contributed by atoms with Crippen molar-refractivity contribution in [2.24, 2.45) is 4.99 Å². The van der Waals surface area contributed by atoms with Crippen LogP contribution in [0.2, 0.25) is 6.04 Å². The van der Waals surface area contributed by atoms with Crippen molar-refractivity contribution in [3.8, 4) is 6.07 Å². The highest BCUT2D eigenvalue weighted by molar-refractivity contribution is 6.60. The lowest BCUT2D eigenvalue weighted by Crippen LogP contribution is -2.46. The molecule has 0 heterocycles. The molecule has 6 nitrogen and oxygen atoms in total. The van der Waals surface area contributed by atoms with Gasteiger partial charge in [0.25, 0.3) is 0 Å². The van der Waals surface area contributed by atoms with Gasteiger partial charge in [-0.2, -0.15) is 5.26 Å². The van der Waals surface area contributed by atoms with E-state index in [0.717, 1.165) is 6.42 Å². The Morgan fingerprint density at radius 3 is 1.84 bits per heavy atom. The summed E-state index contributed by atoms with van der Waals surface area (Å²) >= 11 is 0. The Bertz CT molecular complexity index is 271. The third-order valence-corrected chi connectivity index (χ3v) is 5.06. The summed E-state index contributed by atoms with van der Waals surface area (Å²) < 4.78 is 16.9. The maximum Gasteiger partial charge on any atom is 0.500 e. The van der Waals surface area contributed by atoms with E-state index in [9.17, 15) is 4.79 Å². The molecule has 0 aromatic heterocycles. The molecule has 0 spiro atoms. The molecule has 110 valence electrons. The molecule has 0 N–H and O–H groups in total. The normalized spacial score (nSPS) is 9.84. The molecule has 7 heteroatoms. The smallest absolute Gasteiger partial charge is 0.374 e. The second kappa shape index (κ2) is 15.0. The largest absolute Gasteiger partial charge is 0.500 e. The van der Waals surface area contributed by atoms with Crippen molar-refractivity contribution in [3.05, 3.63) is 0 Å². The fourth-order valence-corrected chi connectivity index (χ4v) is 4.02. The topological polar surface area (TPSA) is 80.9 Å². The summed E-state index contributed by atoms with van der Waals surface area (Å²) in [6, 6.07) is 2.44. The Morgan fingerprint density at radius 2 is 1.53 bits per heavy atom. The van der Waals surface area contributed by atoms with Gasteiger partial charge in [-0.1, -0.05) is 0 Å². The van der Waals surface area contributed by atoms with E-state index in [1.807, 2.05) is 20.8 Å². The molecule has 0 bridgehead atoms. The SMILES string of the molecule is CC#N.CCO[Si](CCCN=C=O)(OCC)OCC. The van der Waals surface area contributed by atoms with E-state index in [2.05, 4.69) is 4.99 Å². The average molecular weight is 288 g/mol. The molecule has 0 unspecified atom stereocenters. The van der Waals surface area contributed by atoms with E-state index in [0.29, 0.717) is 32.4 Å². The van der Waals surface area contributed by atoms with Crippen molar-refractivity contribution in [2.75, 3.05) is 26.4 Å². The Morgan fingerprint density at radius 1 is 1.11 bits per heavy atom. The zero-order valence-corrected chi connectivity index (χ0v) is 13.3. The first kappa shape index (κ1) is 20.3. The first-order valence-electron chi connectivity index (χ1n) is 6.42. The first-order valence-corrected chi connectivity index (χ1v) is 8.35. The van der Waals surface area contributed by atoms with Crippen LogP contribution in [0.25, 0.3) is 0 Å². The highest BCUT2D eigenvalue weighted by atomic mass is 28.4. The van der Waals surface area contributed by atoms with Gasteiger partial charge < -0.3 is 13.3 Å². The number of hydrogen-bond donors (Lipinski definition) is 0. The van der Waals surface area contributed by atoms with Crippen molar-refractivity contribution in [2.45, 2.75) is 40.2 Å². The van der Waals surface area contributed by atoms with Crippen LogP contribution in [0.1, 0.15) is 34.1 Å². The number of hydrogen-bond acceptors (Lipinski definition) is 6. The summed E-state index contributed by atoms with van der Waals surface area (Å²) in [5.74, 6) is 0. The van der Waals surface area contributed by atoms with E-state index in [-0.39, 0.29) is 0 Å². The number of rotatable bonds is 10. The van der Waals surface area contributed by atoms with Gasteiger partial charge in [0, 0.05) is 32.8 Å². The second-order valence-electron chi connectivity index (χ2n) is 3.28. The van der Waals surface area contributed by atoms with Crippen molar-refractivity contribution < 1.29 is 18.1 Å². The molecule has 19 heavy (non-hydrogen) atoms. The Hall–Kier alpha value is -1.03. The van der Waals surface area contributed by atoms with Gasteiger partial charge in [0.1, 0.15) is 0 Å². The fourth-order valence-electron chi connectivity index (χ4n) is 1.42. The summed E-state index contributed by atoms with van der Waals surface area (Å²) in [6.45, 7) is 9.36. The minimum atomic E-state index is -2.54. The summed E-state index contributed by atoms with van der Waals surface area (Å²) in [7, 11) is -2.54. The minimum absolute atomic E-state index is 0.450. The molecule has 0 saturated carbocycles. The molecule has 0 aliphatic heterocycles. The van der Waals surface area contributed by atoms with Crippen LogP contribution in [0.5, 0.6) is 0 Å². The Labute approximate surface area is 116 Å². The van der Waals surface area contributed by atoms with E-state index >= 15 is 0 Å². The number of nitrogens with zero attached hydrogens (tertiary/aromatic N) is 2. The lowest BCUT2D eigenvalue weighted by Gasteiger charge is -2.28. The van der Waals surface area contributed by atoms with Crippen LogP contribution < -0.4 is 0 Å². The summed E-state index contributed by atoms with van der Waals surface area (Å²) in [5, 5.41) is 7.32. The highest BCUT2D eigenvalue weighted by Gasteiger charge is 2.39. The maximum atomic E-state index is 9.93. The first-order chi connectivity index (χ1) is 9.16. The van der Waals surface area contributed by atoms with Gasteiger partial charge in [0.15, 0.2) is 0 Å². The molecule has 0 aliphatic rings. The third kappa shape index (κ3) is 11.8. The van der Waals surface area contributed by atoms with Crippen LogP contribution >= 0.6 is 0 Å². The molecule has 0 radical (unpaired) electrons. The molecule has 0 aliphatic carbocycles. The third-order valence-electron chi connectivity index (χ3n) is 1.91. The Kier molecular flexibility index (Phi) is 16.0. The number of aliphatic imine (C=N–C) groups is 1. The summed E-state index contributed by atoms with van der Waals surface area (Å²) in [6.07, 6.45) is 2.24. The van der Waals surface area contributed by atoms with E-state index in [1.165, 1.54) is 13.0 Å². The zero-order chi connectivity index (χ0) is 15.0. The van der Waals surface area contributed by atoms with Gasteiger partial charge in [0.2, 0.25) is 6.08 Å². The fraction of sp³-hybridized carbons (Fsp3) is 0.833. The summed E-state index contributed by atoms with van der Waals surface area (Å²) in [5.41, 5.74) is 0. The van der Waals surface area contributed by atoms with Crippen LogP contribution in [0, 0.1) is 11.3 Å². The number of nitriles is 1. The van der Waals surface area contributed by atoms with Crippen LogP contribution in [0.3, 0.4) is 0 Å². The van der Waals surface area contributed by atoms with Gasteiger partial charge in [0.05, 0.1) is 12.6 Å². The molecule has 0 aromatic carbocycles. The monoisotopic (exact) mass is 288 g/mol. The van der Waals surface area contributed by atoms with E-state index < -0.39 is 8.80 Å². The lowest BCUT2D eigenvalue weighted by molar-refractivity contribution is 0.0710. The van der Waals surface area contributed by atoms with Gasteiger partial charge in [-0.15, -0.1) is 0 Å². The molecule has 0 rings (SSSR count). The maximum absolute atomic E-state index is 9.93. The van der Waals surface area contributed by atoms with Gasteiger partial charge >= 0.3 is 8.80 Å². The second-order valence-corrected chi connectivity index (χ2v) is 6.01. The minimum Gasteiger partial charge on any atom is -0.374 e. The van der Waals surface area contributed by atoms with E-state index in [4.69, 9.17) is 18.5 Å². The standard InChI is InChI=1S/C10H21NO4Si.C2H3N/c1-4-13-16(14-5-2,15-6-3)9-7-8-11-10-12;1-2-3/h4-9H2,1-3H3;1H3. The van der Waals surface area contributed by atoms with Crippen molar-refractivity contribution in [1.82, 2.24) is 0 Å². The predicted molar refractivity (Wildman–Crippen MR) is 74.3 cm³/mol. The molecular weight excluding hydrogens is 264 g/mol. The van der Waals surface area contributed by atoms with Crippen LogP contribution in [-0.4, -0.2) is 41.2 Å². The molecule has 0 fully saturated rings. The predicted octanol–water partition coefficient (Wildman–Crippen LogP) is 2.29. The zero-order valence-electron chi connectivity index (χ0n) is 12.3. The highest BCUT2D eigenvalue weighted by Crippen LogP contribution is 2.17. The molecule has 0 amide bonds. The molecule has 0 atom stereocenters. The van der Waals surface area contributed by atoms with Gasteiger partial charge in [-0.25, -0.2) is 9.79 Å². The average Bonchev–Trinajstić information content (AvgIpc) is 2.37. The van der Waals surface area contributed by atoms with Gasteiger partial charge in [-0.05, 0) is 27.2 Å². The number of carbonyl (C=O) groups excluding carboxylic acids is 1. The van der Waals surface area contributed by atoms with E-state index in [1.54, 1.807) is 6.07 Å². The molecule has 0 aromatic rings. The van der Waals surface area contributed by atoms with Crippen LogP contribution in [0.15, 0.2) is 4.99 Å². The van der Waals surface area contributed by atoms with Crippen molar-refractivity contribution >= 4 is 14.9 Å². The van der Waals surface area contributed by atoms with Crippen molar-refractivity contribution in [3.63, 3.8) is 0 Å². The lowest BCUT2D eigenvalue weighted by atomic mass is 10.5. The summed E-state index contributed by atoms with van der Waals surface area (Å²) in [4.78, 5) is 13.4. The molecule has 0 saturated heterocycles. The van der Waals surface area contributed by atoms with Gasteiger partial charge in [-0.3, -0.25) is 0 Å². The van der Waals surface area contributed by atoms with Crippen LogP contribution in [-0.2, 0) is 18.1 Å². The Balaban J connectivity index is 0. The quantitative estimate of drug-likeness (QED) is 0.267. The van der Waals surface area contributed by atoms with Crippen LogP contribution in [0.4, 0.5) is 0 Å². The number of isocyanates is 1. The van der Waals surface area contributed by atoms with Crippen molar-refractivity contribution in [1.29, 1.82) is 5.26 Å².